The van der Waals surface area contributed by atoms with Crippen molar-refractivity contribution < 1.29 is 33.1 Å². The Morgan fingerprint density at radius 2 is 1.94 bits per heavy atom. The molecule has 0 aromatic carbocycles. The van der Waals surface area contributed by atoms with Crippen LogP contribution in [0.3, 0.4) is 0 Å². The second-order valence-electron chi connectivity index (χ2n) is 9.98. The van der Waals surface area contributed by atoms with Gasteiger partial charge in [-0.15, -0.1) is 0 Å². The van der Waals surface area contributed by atoms with Gasteiger partial charge in [-0.25, -0.2) is 0 Å². The predicted octanol–water partition coefficient (Wildman–Crippen LogP) is 3.46. The SMILES string of the molecule is COC(=O)[C@@H]1C[C@H](OC(C)=O)C(=O)[C@@H]2[C@@]3(C)C[C@@H](c4ccoc4)CC(=O)[C@@H]3CC[C@]21C. The Kier molecular flexibility index (Phi) is 5.34. The molecule has 7 nitrogen and oxygen atoms in total. The molecule has 3 saturated carbocycles. The van der Waals surface area contributed by atoms with Crippen molar-refractivity contribution in [2.24, 2.45) is 28.6 Å². The Labute approximate surface area is 181 Å². The molecule has 3 fully saturated rings. The molecule has 31 heavy (non-hydrogen) atoms. The van der Waals surface area contributed by atoms with Gasteiger partial charge in [-0.1, -0.05) is 13.8 Å². The lowest BCUT2D eigenvalue weighted by Crippen LogP contribution is -2.64. The normalized spacial score (nSPS) is 39.9. The summed E-state index contributed by atoms with van der Waals surface area (Å²) in [5.41, 5.74) is -0.360. The minimum absolute atomic E-state index is 0.0478. The summed E-state index contributed by atoms with van der Waals surface area (Å²) in [5.74, 6) is -2.44. The second-order valence-corrected chi connectivity index (χ2v) is 9.98. The Balaban J connectivity index is 1.80. The lowest BCUT2D eigenvalue weighted by molar-refractivity contribution is -0.193. The first kappa shape index (κ1) is 21.8. The molecule has 0 N–H and O–H groups in total. The van der Waals surface area contributed by atoms with Crippen LogP contribution >= 0.6 is 0 Å². The van der Waals surface area contributed by atoms with Crippen LogP contribution in [0.5, 0.6) is 0 Å². The highest BCUT2D eigenvalue weighted by atomic mass is 16.5. The fourth-order valence-electron chi connectivity index (χ4n) is 7.03. The van der Waals surface area contributed by atoms with Crippen molar-refractivity contribution in [2.45, 2.75) is 64.9 Å². The summed E-state index contributed by atoms with van der Waals surface area (Å²) in [6.45, 7) is 5.24. The zero-order chi connectivity index (χ0) is 22.6. The number of hydrogen-bond donors (Lipinski definition) is 0. The number of carbonyl (C=O) groups is 4. The number of rotatable bonds is 3. The molecule has 1 heterocycles. The van der Waals surface area contributed by atoms with E-state index in [2.05, 4.69) is 0 Å². The van der Waals surface area contributed by atoms with Crippen molar-refractivity contribution in [1.82, 2.24) is 0 Å². The topological polar surface area (TPSA) is 99.9 Å². The number of carbonyl (C=O) groups excluding carboxylic acids is 4. The molecule has 0 radical (unpaired) electrons. The van der Waals surface area contributed by atoms with E-state index in [1.807, 2.05) is 19.9 Å². The van der Waals surface area contributed by atoms with Crippen LogP contribution in [0.25, 0.3) is 0 Å². The molecule has 1 aromatic heterocycles. The maximum atomic E-state index is 13.8. The number of esters is 2. The van der Waals surface area contributed by atoms with Gasteiger partial charge >= 0.3 is 11.9 Å². The third-order valence-corrected chi connectivity index (χ3v) is 8.27. The van der Waals surface area contributed by atoms with Gasteiger partial charge in [-0.05, 0) is 47.6 Å². The van der Waals surface area contributed by atoms with Crippen LogP contribution in [-0.4, -0.2) is 36.7 Å². The molecule has 0 bridgehead atoms. The van der Waals surface area contributed by atoms with Gasteiger partial charge in [0.05, 0.1) is 25.6 Å². The van der Waals surface area contributed by atoms with Gasteiger partial charge in [0.15, 0.2) is 11.9 Å². The molecule has 0 amide bonds. The van der Waals surface area contributed by atoms with Crippen molar-refractivity contribution >= 4 is 23.5 Å². The third-order valence-electron chi connectivity index (χ3n) is 8.27. The molecular weight excluding hydrogens is 400 g/mol. The van der Waals surface area contributed by atoms with Crippen molar-refractivity contribution in [2.75, 3.05) is 7.11 Å². The third kappa shape index (κ3) is 3.33. The van der Waals surface area contributed by atoms with Crippen molar-refractivity contribution in [1.29, 1.82) is 0 Å². The molecule has 0 aliphatic heterocycles. The summed E-state index contributed by atoms with van der Waals surface area (Å²) in [5, 5.41) is 0. The van der Waals surface area contributed by atoms with E-state index in [-0.39, 0.29) is 29.8 Å². The molecule has 0 spiro atoms. The van der Waals surface area contributed by atoms with Gasteiger partial charge < -0.3 is 13.9 Å². The number of methoxy groups -OCH3 is 1. The zero-order valence-corrected chi connectivity index (χ0v) is 18.5. The summed E-state index contributed by atoms with van der Waals surface area (Å²) in [7, 11) is 1.34. The molecule has 4 rings (SSSR count). The van der Waals surface area contributed by atoms with E-state index in [1.165, 1.54) is 14.0 Å². The molecule has 0 saturated heterocycles. The Hall–Kier alpha value is -2.44. The standard InChI is InChI=1S/C24H30O7/c1-13(25)31-19-10-17(22(28)29-4)23(2)7-5-16-18(26)9-15(14-6-8-30-12-14)11-24(16,3)21(23)20(19)27/h6,8,12,15-17,19,21H,5,7,9-11H2,1-4H3/t15-,16-,17-,19-,21-,23-,24-/m0/s1. The van der Waals surface area contributed by atoms with Crippen LogP contribution < -0.4 is 0 Å². The minimum atomic E-state index is -1.00. The van der Waals surface area contributed by atoms with Crippen LogP contribution in [0.15, 0.2) is 23.0 Å². The van der Waals surface area contributed by atoms with Gasteiger partial charge in [0.1, 0.15) is 5.78 Å². The zero-order valence-electron chi connectivity index (χ0n) is 18.5. The van der Waals surface area contributed by atoms with E-state index in [0.717, 1.165) is 5.56 Å². The fourth-order valence-corrected chi connectivity index (χ4v) is 7.03. The summed E-state index contributed by atoms with van der Waals surface area (Å²) >= 11 is 0. The Bertz CT molecular complexity index is 903. The number of hydrogen-bond acceptors (Lipinski definition) is 7. The number of furan rings is 1. The summed E-state index contributed by atoms with van der Waals surface area (Å²) in [6.07, 6.45) is 4.65. The van der Waals surface area contributed by atoms with E-state index < -0.39 is 40.7 Å². The van der Waals surface area contributed by atoms with Crippen LogP contribution in [0.1, 0.15) is 64.4 Å². The minimum Gasteiger partial charge on any atom is -0.472 e. The quantitative estimate of drug-likeness (QED) is 0.677. The Morgan fingerprint density at radius 1 is 1.19 bits per heavy atom. The van der Waals surface area contributed by atoms with Gasteiger partial charge in [-0.2, -0.15) is 0 Å². The van der Waals surface area contributed by atoms with Crippen LogP contribution in [0.2, 0.25) is 0 Å². The van der Waals surface area contributed by atoms with Gasteiger partial charge in [0, 0.05) is 31.6 Å². The monoisotopic (exact) mass is 430 g/mol. The van der Waals surface area contributed by atoms with Crippen molar-refractivity contribution in [3.63, 3.8) is 0 Å². The van der Waals surface area contributed by atoms with Gasteiger partial charge in [-0.3, -0.25) is 19.2 Å². The van der Waals surface area contributed by atoms with Crippen LogP contribution in [0, 0.1) is 28.6 Å². The second kappa shape index (κ2) is 7.61. The molecule has 3 aliphatic rings. The van der Waals surface area contributed by atoms with Gasteiger partial charge in [0.2, 0.25) is 0 Å². The Morgan fingerprint density at radius 3 is 2.55 bits per heavy atom. The van der Waals surface area contributed by atoms with E-state index in [4.69, 9.17) is 13.9 Å². The van der Waals surface area contributed by atoms with Crippen molar-refractivity contribution in [3.8, 4) is 0 Å². The number of ketones is 2. The molecule has 7 atom stereocenters. The molecular formula is C24H30O7. The van der Waals surface area contributed by atoms with Gasteiger partial charge in [0.25, 0.3) is 0 Å². The van der Waals surface area contributed by atoms with E-state index in [0.29, 0.717) is 25.7 Å². The maximum absolute atomic E-state index is 13.8. The molecule has 7 heteroatoms. The average molecular weight is 430 g/mol. The molecule has 0 unspecified atom stereocenters. The lowest BCUT2D eigenvalue weighted by Gasteiger charge is -2.61. The van der Waals surface area contributed by atoms with E-state index in [1.54, 1.807) is 12.5 Å². The molecule has 1 aromatic rings. The van der Waals surface area contributed by atoms with Crippen LogP contribution in [0.4, 0.5) is 0 Å². The number of Topliss-reactive ketones (excluding diaryl/α,β-unsaturated/α-hetero) is 2. The highest BCUT2D eigenvalue weighted by Crippen LogP contribution is 2.65. The highest BCUT2D eigenvalue weighted by Gasteiger charge is 2.67. The first-order chi connectivity index (χ1) is 14.6. The summed E-state index contributed by atoms with van der Waals surface area (Å²) in [6, 6.07) is 1.87. The van der Waals surface area contributed by atoms with E-state index >= 15 is 0 Å². The maximum Gasteiger partial charge on any atom is 0.309 e. The largest absolute Gasteiger partial charge is 0.472 e. The molecule has 168 valence electrons. The molecule has 3 aliphatic carbocycles. The fraction of sp³-hybridized carbons (Fsp3) is 0.667. The van der Waals surface area contributed by atoms with E-state index in [9.17, 15) is 19.2 Å². The highest BCUT2D eigenvalue weighted by molar-refractivity contribution is 5.94. The average Bonchev–Trinajstić information content (AvgIpc) is 3.23. The van der Waals surface area contributed by atoms with Crippen LogP contribution in [-0.2, 0) is 28.7 Å². The summed E-state index contributed by atoms with van der Waals surface area (Å²) < 4.78 is 15.7. The number of fused-ring (bicyclic) bond motifs is 3. The smallest absolute Gasteiger partial charge is 0.309 e. The first-order valence-electron chi connectivity index (χ1n) is 11.0. The predicted molar refractivity (Wildman–Crippen MR) is 109 cm³/mol. The van der Waals surface area contributed by atoms with Crippen molar-refractivity contribution in [3.05, 3.63) is 24.2 Å². The lowest BCUT2D eigenvalue weighted by atomic mass is 9.41. The summed E-state index contributed by atoms with van der Waals surface area (Å²) in [4.78, 5) is 51.5. The first-order valence-corrected chi connectivity index (χ1v) is 11.0. The number of ether oxygens (including phenoxy) is 2.